The van der Waals surface area contributed by atoms with E-state index in [1.807, 2.05) is 0 Å². The molecule has 0 heterocycles. The van der Waals surface area contributed by atoms with E-state index < -0.39 is 6.10 Å². The van der Waals surface area contributed by atoms with Gasteiger partial charge >= 0.3 is 17.9 Å². The number of esters is 3. The summed E-state index contributed by atoms with van der Waals surface area (Å²) in [5, 5.41) is 0. The van der Waals surface area contributed by atoms with Crippen LogP contribution in [0.4, 0.5) is 0 Å². The molecule has 0 aliphatic rings. The number of carbonyl (C=O) groups excluding carboxylic acids is 3. The van der Waals surface area contributed by atoms with Gasteiger partial charge in [-0.3, -0.25) is 14.4 Å². The molecular formula is C69H118O6. The van der Waals surface area contributed by atoms with Crippen LogP contribution in [0.3, 0.4) is 0 Å². The monoisotopic (exact) mass is 1040 g/mol. The molecule has 75 heavy (non-hydrogen) atoms. The van der Waals surface area contributed by atoms with E-state index in [4.69, 9.17) is 14.2 Å². The molecule has 430 valence electrons. The Morgan fingerprint density at radius 2 is 0.520 bits per heavy atom. The summed E-state index contributed by atoms with van der Waals surface area (Å²) in [6, 6.07) is 0. The summed E-state index contributed by atoms with van der Waals surface area (Å²) in [6.07, 6.45) is 84.1. The lowest BCUT2D eigenvalue weighted by Gasteiger charge is -2.18. The van der Waals surface area contributed by atoms with E-state index >= 15 is 0 Å². The number of hydrogen-bond donors (Lipinski definition) is 0. The fourth-order valence-corrected chi connectivity index (χ4v) is 8.90. The Kier molecular flexibility index (Phi) is 59.8. The van der Waals surface area contributed by atoms with Crippen LogP contribution in [0.5, 0.6) is 0 Å². The molecule has 0 aromatic carbocycles. The number of rotatable bonds is 57. The number of allylic oxidation sites excluding steroid dienone is 16. The first-order valence-electron chi connectivity index (χ1n) is 31.7. The highest BCUT2D eigenvalue weighted by molar-refractivity contribution is 5.71. The molecule has 0 radical (unpaired) electrons. The van der Waals surface area contributed by atoms with Crippen molar-refractivity contribution < 1.29 is 28.6 Å². The highest BCUT2D eigenvalue weighted by Gasteiger charge is 2.19. The molecule has 0 spiro atoms. The summed E-state index contributed by atoms with van der Waals surface area (Å²) in [5.41, 5.74) is 0. The average Bonchev–Trinajstić information content (AvgIpc) is 3.41. The lowest BCUT2D eigenvalue weighted by Crippen LogP contribution is -2.30. The number of carbonyl (C=O) groups is 3. The molecule has 0 fully saturated rings. The molecule has 0 aliphatic carbocycles. The van der Waals surface area contributed by atoms with E-state index in [0.717, 1.165) is 116 Å². The standard InChI is InChI=1S/C69H118O6/c1-4-7-10-13-16-19-22-24-26-28-30-32-33-34-35-37-38-40-42-44-47-50-53-56-59-62-68(71)74-65-66(64-73-67(70)61-58-55-52-49-46-21-18-15-12-9-6-3)75-69(72)63-60-57-54-51-48-45-43-41-39-36-31-29-27-25-23-20-17-14-11-8-5-2/h7-8,10-11,16-17,19-20,24-27,30-32,36,66H,4-6,9,12-15,18,21-23,28-29,33-35,37-65H2,1-3H3/b10-7-,11-8-,19-16-,20-17-,26-24-,27-25-,32-30-,36-31-. The third-order valence-electron chi connectivity index (χ3n) is 13.6. The zero-order valence-electron chi connectivity index (χ0n) is 49.3. The largest absolute Gasteiger partial charge is 0.462 e. The molecule has 1 unspecified atom stereocenters. The predicted octanol–water partition coefficient (Wildman–Crippen LogP) is 21.7. The van der Waals surface area contributed by atoms with Crippen molar-refractivity contribution in [3.8, 4) is 0 Å². The first-order chi connectivity index (χ1) is 37.0. The normalized spacial score (nSPS) is 12.7. The van der Waals surface area contributed by atoms with Crippen LogP contribution >= 0.6 is 0 Å². The van der Waals surface area contributed by atoms with Crippen LogP contribution in [-0.4, -0.2) is 37.2 Å². The van der Waals surface area contributed by atoms with Crippen molar-refractivity contribution in [2.24, 2.45) is 0 Å². The van der Waals surface area contributed by atoms with Gasteiger partial charge in [-0.15, -0.1) is 0 Å². The third-order valence-corrected chi connectivity index (χ3v) is 13.6. The summed E-state index contributed by atoms with van der Waals surface area (Å²) in [5.74, 6) is -0.879. The molecule has 0 rings (SSSR count). The second kappa shape index (κ2) is 62.9. The van der Waals surface area contributed by atoms with E-state index in [9.17, 15) is 14.4 Å². The predicted molar refractivity (Wildman–Crippen MR) is 325 cm³/mol. The number of unbranched alkanes of at least 4 members (excludes halogenated alkanes) is 30. The molecule has 1 atom stereocenters. The van der Waals surface area contributed by atoms with Crippen LogP contribution in [-0.2, 0) is 28.6 Å². The fraction of sp³-hybridized carbons (Fsp3) is 0.725. The van der Waals surface area contributed by atoms with E-state index in [1.165, 1.54) is 148 Å². The lowest BCUT2D eigenvalue weighted by atomic mass is 10.0. The van der Waals surface area contributed by atoms with E-state index in [0.29, 0.717) is 19.3 Å². The topological polar surface area (TPSA) is 78.9 Å². The minimum absolute atomic E-state index is 0.0785. The minimum Gasteiger partial charge on any atom is -0.462 e. The second-order valence-electron chi connectivity index (χ2n) is 20.9. The van der Waals surface area contributed by atoms with Gasteiger partial charge in [-0.05, 0) is 96.3 Å². The van der Waals surface area contributed by atoms with Crippen molar-refractivity contribution in [2.75, 3.05) is 13.2 Å². The molecule has 0 amide bonds. The van der Waals surface area contributed by atoms with E-state index in [1.54, 1.807) is 0 Å². The zero-order chi connectivity index (χ0) is 54.3. The average molecular weight is 1040 g/mol. The SMILES string of the molecule is CC/C=C\C/C=C\C/C=C\C/C=C\CCCCCCCCCCCCCCC(=O)OCC(COC(=O)CCCCCCCCCCCCC)OC(=O)CCCCCCCCCC/C=C\C/C=C\C/C=C\C/C=C\CC. The maximum Gasteiger partial charge on any atom is 0.306 e. The fourth-order valence-electron chi connectivity index (χ4n) is 8.90. The van der Waals surface area contributed by atoms with Crippen LogP contribution in [0.1, 0.15) is 303 Å². The molecule has 0 saturated heterocycles. The summed E-state index contributed by atoms with van der Waals surface area (Å²) in [4.78, 5) is 38.3. The molecule has 0 aliphatic heterocycles. The molecule has 6 heteroatoms. The maximum absolute atomic E-state index is 12.9. The zero-order valence-corrected chi connectivity index (χ0v) is 49.3. The van der Waals surface area contributed by atoms with Gasteiger partial charge in [0.25, 0.3) is 0 Å². The highest BCUT2D eigenvalue weighted by atomic mass is 16.6. The van der Waals surface area contributed by atoms with Crippen molar-refractivity contribution in [1.82, 2.24) is 0 Å². The smallest absolute Gasteiger partial charge is 0.306 e. The van der Waals surface area contributed by atoms with Crippen molar-refractivity contribution >= 4 is 17.9 Å². The highest BCUT2D eigenvalue weighted by Crippen LogP contribution is 2.16. The number of hydrogen-bond acceptors (Lipinski definition) is 6. The van der Waals surface area contributed by atoms with Gasteiger partial charge in [-0.1, -0.05) is 285 Å². The van der Waals surface area contributed by atoms with Crippen LogP contribution in [0.25, 0.3) is 0 Å². The van der Waals surface area contributed by atoms with Gasteiger partial charge in [-0.25, -0.2) is 0 Å². The second-order valence-corrected chi connectivity index (χ2v) is 20.9. The van der Waals surface area contributed by atoms with Crippen molar-refractivity contribution in [3.63, 3.8) is 0 Å². The summed E-state index contributed by atoms with van der Waals surface area (Å²) in [6.45, 7) is 6.43. The lowest BCUT2D eigenvalue weighted by molar-refractivity contribution is -0.167. The minimum atomic E-state index is -0.782. The Morgan fingerprint density at radius 1 is 0.280 bits per heavy atom. The van der Waals surface area contributed by atoms with Crippen LogP contribution in [0, 0.1) is 0 Å². The Bertz CT molecular complexity index is 1480. The van der Waals surface area contributed by atoms with E-state index in [-0.39, 0.29) is 31.1 Å². The van der Waals surface area contributed by atoms with E-state index in [2.05, 4.69) is 118 Å². The molecule has 0 bridgehead atoms. The number of ether oxygens (including phenoxy) is 3. The Balaban J connectivity index is 4.28. The van der Waals surface area contributed by atoms with Crippen molar-refractivity contribution in [3.05, 3.63) is 97.2 Å². The summed E-state index contributed by atoms with van der Waals surface area (Å²) in [7, 11) is 0. The van der Waals surface area contributed by atoms with Crippen molar-refractivity contribution in [1.29, 1.82) is 0 Å². The molecule has 0 aromatic rings. The quantitative estimate of drug-likeness (QED) is 0.0261. The molecule has 6 nitrogen and oxygen atoms in total. The van der Waals surface area contributed by atoms with Gasteiger partial charge in [0.15, 0.2) is 6.10 Å². The molecule has 0 saturated carbocycles. The summed E-state index contributed by atoms with van der Waals surface area (Å²) >= 11 is 0. The Morgan fingerprint density at radius 3 is 0.813 bits per heavy atom. The van der Waals surface area contributed by atoms with Crippen LogP contribution in [0.2, 0.25) is 0 Å². The van der Waals surface area contributed by atoms with Gasteiger partial charge < -0.3 is 14.2 Å². The first kappa shape index (κ1) is 71.3. The van der Waals surface area contributed by atoms with Gasteiger partial charge in [0.2, 0.25) is 0 Å². The van der Waals surface area contributed by atoms with Gasteiger partial charge in [0, 0.05) is 19.3 Å². The Labute approximate surface area is 464 Å². The van der Waals surface area contributed by atoms with Gasteiger partial charge in [0.05, 0.1) is 0 Å². The molecular weight excluding hydrogens is 925 g/mol. The van der Waals surface area contributed by atoms with Gasteiger partial charge in [0.1, 0.15) is 13.2 Å². The first-order valence-corrected chi connectivity index (χ1v) is 31.7. The molecule has 0 N–H and O–H groups in total. The third kappa shape index (κ3) is 61.1. The van der Waals surface area contributed by atoms with Gasteiger partial charge in [-0.2, -0.15) is 0 Å². The molecule has 0 aromatic heterocycles. The van der Waals surface area contributed by atoms with Crippen LogP contribution < -0.4 is 0 Å². The Hall–Kier alpha value is -3.67. The van der Waals surface area contributed by atoms with Crippen LogP contribution in [0.15, 0.2) is 97.2 Å². The van der Waals surface area contributed by atoms with Crippen molar-refractivity contribution in [2.45, 2.75) is 309 Å². The summed E-state index contributed by atoms with van der Waals surface area (Å²) < 4.78 is 16.9. The maximum atomic E-state index is 12.9.